The van der Waals surface area contributed by atoms with Crippen LogP contribution >= 0.6 is 11.6 Å². The van der Waals surface area contributed by atoms with Gasteiger partial charge >= 0.3 is 0 Å². The summed E-state index contributed by atoms with van der Waals surface area (Å²) >= 11 is 5.58. The van der Waals surface area contributed by atoms with Gasteiger partial charge in [-0.25, -0.2) is 4.98 Å². The fourth-order valence-corrected chi connectivity index (χ4v) is 1.37. The van der Waals surface area contributed by atoms with Crippen molar-refractivity contribution in [2.24, 2.45) is 0 Å². The summed E-state index contributed by atoms with van der Waals surface area (Å²) in [6.07, 6.45) is 9.81. The van der Waals surface area contributed by atoms with E-state index in [1.165, 1.54) is 12.8 Å². The van der Waals surface area contributed by atoms with Crippen LogP contribution in [0.5, 0.6) is 0 Å². The predicted molar refractivity (Wildman–Crippen MR) is 59.7 cm³/mol. The zero-order chi connectivity index (χ0) is 10.1. The van der Waals surface area contributed by atoms with Crippen LogP contribution in [0.3, 0.4) is 0 Å². The first-order valence-electron chi connectivity index (χ1n) is 4.99. The van der Waals surface area contributed by atoms with Crippen LogP contribution in [-0.4, -0.2) is 22.4 Å². The van der Waals surface area contributed by atoms with E-state index in [0.29, 0.717) is 0 Å². The van der Waals surface area contributed by atoms with Crippen molar-refractivity contribution >= 4 is 17.4 Å². The van der Waals surface area contributed by atoms with Gasteiger partial charge in [0.05, 0.1) is 6.20 Å². The summed E-state index contributed by atoms with van der Waals surface area (Å²) in [5.74, 6) is 1.63. The molecule has 1 aromatic heterocycles. The van der Waals surface area contributed by atoms with Gasteiger partial charge in [-0.1, -0.05) is 12.8 Å². The Hall–Kier alpha value is -0.830. The van der Waals surface area contributed by atoms with Crippen molar-refractivity contribution < 1.29 is 0 Å². The Bertz CT molecular complexity index is 228. The topological polar surface area (TPSA) is 37.8 Å². The number of alkyl halides is 1. The first kappa shape index (κ1) is 11.2. The van der Waals surface area contributed by atoms with Gasteiger partial charge in [0.2, 0.25) is 0 Å². The lowest BCUT2D eigenvalue weighted by Crippen LogP contribution is -2.03. The van der Waals surface area contributed by atoms with Crippen LogP contribution in [0.25, 0.3) is 0 Å². The Labute approximate surface area is 89.9 Å². The van der Waals surface area contributed by atoms with E-state index in [0.717, 1.165) is 31.1 Å². The van der Waals surface area contributed by atoms with Crippen LogP contribution in [0, 0.1) is 0 Å². The fraction of sp³-hybridized carbons (Fsp3) is 0.600. The molecular weight excluding hydrogens is 198 g/mol. The van der Waals surface area contributed by atoms with Gasteiger partial charge in [0, 0.05) is 24.8 Å². The molecule has 0 unspecified atom stereocenters. The molecule has 0 bridgehead atoms. The summed E-state index contributed by atoms with van der Waals surface area (Å²) in [6.45, 7) is 0.959. The number of hydrogen-bond donors (Lipinski definition) is 1. The zero-order valence-electron chi connectivity index (χ0n) is 8.25. The van der Waals surface area contributed by atoms with Crippen molar-refractivity contribution in [1.29, 1.82) is 0 Å². The van der Waals surface area contributed by atoms with Crippen LogP contribution in [0.1, 0.15) is 25.7 Å². The van der Waals surface area contributed by atoms with Gasteiger partial charge in [-0.2, -0.15) is 0 Å². The van der Waals surface area contributed by atoms with Crippen molar-refractivity contribution in [3.8, 4) is 0 Å². The molecule has 1 rings (SSSR count). The monoisotopic (exact) mass is 213 g/mol. The van der Waals surface area contributed by atoms with E-state index < -0.39 is 0 Å². The molecule has 1 aromatic rings. The number of hydrogen-bond acceptors (Lipinski definition) is 3. The third kappa shape index (κ3) is 5.02. The Balaban J connectivity index is 1.99. The Kier molecular flexibility index (Phi) is 6.07. The summed E-state index contributed by atoms with van der Waals surface area (Å²) in [4.78, 5) is 8.09. The van der Waals surface area contributed by atoms with Crippen molar-refractivity contribution in [2.45, 2.75) is 25.7 Å². The summed E-state index contributed by atoms with van der Waals surface area (Å²) in [5.41, 5.74) is 0. The molecule has 1 heterocycles. The zero-order valence-corrected chi connectivity index (χ0v) is 9.00. The lowest BCUT2D eigenvalue weighted by molar-refractivity contribution is 0.686. The first-order chi connectivity index (χ1) is 6.93. The van der Waals surface area contributed by atoms with Gasteiger partial charge in [0.25, 0.3) is 0 Å². The summed E-state index contributed by atoms with van der Waals surface area (Å²) < 4.78 is 0. The Morgan fingerprint density at radius 2 is 2.00 bits per heavy atom. The highest BCUT2D eigenvalue weighted by molar-refractivity contribution is 6.17. The second-order valence-electron chi connectivity index (χ2n) is 3.12. The van der Waals surface area contributed by atoms with E-state index in [2.05, 4.69) is 15.3 Å². The molecule has 0 radical (unpaired) electrons. The summed E-state index contributed by atoms with van der Waals surface area (Å²) in [5, 5.41) is 3.21. The highest BCUT2D eigenvalue weighted by Gasteiger charge is 1.92. The first-order valence-corrected chi connectivity index (χ1v) is 5.53. The van der Waals surface area contributed by atoms with Gasteiger partial charge < -0.3 is 5.32 Å². The van der Waals surface area contributed by atoms with Crippen LogP contribution < -0.4 is 5.32 Å². The van der Waals surface area contributed by atoms with Crippen molar-refractivity contribution in [3.63, 3.8) is 0 Å². The molecule has 0 spiro atoms. The minimum absolute atomic E-state index is 0.775. The van der Waals surface area contributed by atoms with E-state index in [1.54, 1.807) is 18.6 Å². The van der Waals surface area contributed by atoms with Gasteiger partial charge in [-0.15, -0.1) is 11.6 Å². The SMILES string of the molecule is ClCCCCCCNc1cnccn1. The molecule has 3 nitrogen and oxygen atoms in total. The minimum atomic E-state index is 0.775. The standard InChI is InChI=1S/C10H16ClN3/c11-5-3-1-2-4-6-13-10-9-12-7-8-14-10/h7-9H,1-6H2,(H,13,14). The van der Waals surface area contributed by atoms with Crippen LogP contribution in [0.15, 0.2) is 18.6 Å². The number of nitrogens with one attached hydrogen (secondary N) is 1. The molecule has 0 atom stereocenters. The summed E-state index contributed by atoms with van der Waals surface area (Å²) in [6, 6.07) is 0. The maximum absolute atomic E-state index is 5.58. The van der Waals surface area contributed by atoms with Gasteiger partial charge in [-0.3, -0.25) is 4.98 Å². The van der Waals surface area contributed by atoms with Crippen molar-refractivity contribution in [3.05, 3.63) is 18.6 Å². The molecule has 14 heavy (non-hydrogen) atoms. The molecule has 78 valence electrons. The molecule has 0 aliphatic carbocycles. The fourth-order valence-electron chi connectivity index (χ4n) is 1.18. The number of unbranched alkanes of at least 4 members (excludes halogenated alkanes) is 3. The normalized spacial score (nSPS) is 10.1. The molecule has 0 amide bonds. The quantitative estimate of drug-likeness (QED) is 0.559. The van der Waals surface area contributed by atoms with E-state index in [-0.39, 0.29) is 0 Å². The van der Waals surface area contributed by atoms with E-state index in [9.17, 15) is 0 Å². The highest BCUT2D eigenvalue weighted by atomic mass is 35.5. The largest absolute Gasteiger partial charge is 0.369 e. The third-order valence-corrected chi connectivity index (χ3v) is 2.20. The van der Waals surface area contributed by atoms with E-state index >= 15 is 0 Å². The molecule has 0 saturated carbocycles. The van der Waals surface area contributed by atoms with E-state index in [1.807, 2.05) is 0 Å². The Morgan fingerprint density at radius 1 is 1.14 bits per heavy atom. The molecule has 0 saturated heterocycles. The second-order valence-corrected chi connectivity index (χ2v) is 3.50. The van der Waals surface area contributed by atoms with Crippen LogP contribution in [0.4, 0.5) is 5.82 Å². The lowest BCUT2D eigenvalue weighted by Gasteiger charge is -2.03. The van der Waals surface area contributed by atoms with Crippen LogP contribution in [-0.2, 0) is 0 Å². The number of anilines is 1. The third-order valence-electron chi connectivity index (χ3n) is 1.93. The molecular formula is C10H16ClN3. The molecule has 0 fully saturated rings. The minimum Gasteiger partial charge on any atom is -0.369 e. The average molecular weight is 214 g/mol. The number of nitrogens with zero attached hydrogens (tertiary/aromatic N) is 2. The Morgan fingerprint density at radius 3 is 2.71 bits per heavy atom. The number of aromatic nitrogens is 2. The molecule has 0 aliphatic heterocycles. The predicted octanol–water partition coefficient (Wildman–Crippen LogP) is 2.69. The van der Waals surface area contributed by atoms with E-state index in [4.69, 9.17) is 11.6 Å². The average Bonchev–Trinajstić information content (AvgIpc) is 2.25. The smallest absolute Gasteiger partial charge is 0.144 e. The van der Waals surface area contributed by atoms with Crippen molar-refractivity contribution in [2.75, 3.05) is 17.7 Å². The maximum atomic E-state index is 5.58. The summed E-state index contributed by atoms with van der Waals surface area (Å²) in [7, 11) is 0. The molecule has 0 aliphatic rings. The van der Waals surface area contributed by atoms with Crippen LogP contribution in [0.2, 0.25) is 0 Å². The van der Waals surface area contributed by atoms with Crippen molar-refractivity contribution in [1.82, 2.24) is 9.97 Å². The van der Waals surface area contributed by atoms with Gasteiger partial charge in [0.1, 0.15) is 5.82 Å². The number of halogens is 1. The maximum Gasteiger partial charge on any atom is 0.144 e. The molecule has 0 aromatic carbocycles. The number of rotatable bonds is 7. The molecule has 1 N–H and O–H groups in total. The molecule has 4 heteroatoms. The second kappa shape index (κ2) is 7.56. The highest BCUT2D eigenvalue weighted by Crippen LogP contribution is 2.02. The van der Waals surface area contributed by atoms with Gasteiger partial charge in [0.15, 0.2) is 0 Å². The van der Waals surface area contributed by atoms with Gasteiger partial charge in [-0.05, 0) is 12.8 Å². The lowest BCUT2D eigenvalue weighted by atomic mass is 10.2.